The normalized spacial score (nSPS) is 12.1. The first kappa shape index (κ1) is 11.6. The fourth-order valence-corrected chi connectivity index (χ4v) is 1.67. The molecule has 0 bridgehead atoms. The van der Waals surface area contributed by atoms with Gasteiger partial charge in [-0.25, -0.2) is 0 Å². The van der Waals surface area contributed by atoms with Gasteiger partial charge in [0, 0.05) is 18.0 Å². The molecule has 1 unspecified atom stereocenters. The van der Waals surface area contributed by atoms with Crippen LogP contribution in [0.2, 0.25) is 0 Å². The molecule has 2 rings (SSSR count). The Bertz CT molecular complexity index is 471. The largest absolute Gasteiger partial charge is 0.494 e. The molecule has 2 aromatic rings. The van der Waals surface area contributed by atoms with E-state index in [1.54, 1.807) is 12.4 Å². The Kier molecular flexibility index (Phi) is 3.73. The van der Waals surface area contributed by atoms with Crippen LogP contribution in [0.15, 0.2) is 48.8 Å². The summed E-state index contributed by atoms with van der Waals surface area (Å²) >= 11 is 0. The number of aliphatic hydroxyl groups excluding tert-OH is 1. The highest BCUT2D eigenvalue weighted by Gasteiger charge is 2.10. The van der Waals surface area contributed by atoms with E-state index in [2.05, 4.69) is 4.98 Å². The Balaban J connectivity index is 2.25. The van der Waals surface area contributed by atoms with E-state index in [0.29, 0.717) is 6.61 Å². The lowest BCUT2D eigenvalue weighted by molar-refractivity contribution is 0.219. The van der Waals surface area contributed by atoms with Crippen LogP contribution in [0.25, 0.3) is 0 Å². The van der Waals surface area contributed by atoms with Crippen LogP contribution in [-0.2, 0) is 0 Å². The maximum atomic E-state index is 10.2. The van der Waals surface area contributed by atoms with E-state index in [0.717, 1.165) is 16.9 Å². The molecule has 17 heavy (non-hydrogen) atoms. The Hall–Kier alpha value is -1.87. The number of aromatic nitrogens is 1. The summed E-state index contributed by atoms with van der Waals surface area (Å²) in [6, 6.07) is 11.1. The number of benzene rings is 1. The van der Waals surface area contributed by atoms with E-state index in [4.69, 9.17) is 4.74 Å². The molecule has 3 heteroatoms. The summed E-state index contributed by atoms with van der Waals surface area (Å²) in [5.74, 6) is 0.771. The van der Waals surface area contributed by atoms with E-state index in [1.165, 1.54) is 0 Å². The maximum absolute atomic E-state index is 10.2. The highest BCUT2D eigenvalue weighted by atomic mass is 16.5. The van der Waals surface area contributed by atoms with Gasteiger partial charge in [0.25, 0.3) is 0 Å². The van der Waals surface area contributed by atoms with E-state index in [1.807, 2.05) is 43.3 Å². The van der Waals surface area contributed by atoms with Crippen molar-refractivity contribution in [2.45, 2.75) is 13.0 Å². The quantitative estimate of drug-likeness (QED) is 0.876. The van der Waals surface area contributed by atoms with Crippen LogP contribution in [0.1, 0.15) is 24.2 Å². The molecule has 3 nitrogen and oxygen atoms in total. The number of aliphatic hydroxyl groups is 1. The van der Waals surface area contributed by atoms with E-state index < -0.39 is 6.10 Å². The summed E-state index contributed by atoms with van der Waals surface area (Å²) in [4.78, 5) is 4.00. The molecule has 1 aromatic heterocycles. The van der Waals surface area contributed by atoms with Crippen molar-refractivity contribution < 1.29 is 9.84 Å². The van der Waals surface area contributed by atoms with Crippen molar-refractivity contribution >= 4 is 0 Å². The predicted octanol–water partition coefficient (Wildman–Crippen LogP) is 2.56. The zero-order chi connectivity index (χ0) is 12.1. The second kappa shape index (κ2) is 5.46. The molecule has 0 fully saturated rings. The van der Waals surface area contributed by atoms with Gasteiger partial charge in [-0.05, 0) is 30.7 Å². The number of rotatable bonds is 4. The first-order valence-electron chi connectivity index (χ1n) is 5.62. The van der Waals surface area contributed by atoms with Crippen LogP contribution in [-0.4, -0.2) is 16.7 Å². The molecule has 0 aliphatic carbocycles. The molecule has 0 saturated carbocycles. The van der Waals surface area contributed by atoms with Crippen molar-refractivity contribution in [3.05, 3.63) is 59.9 Å². The predicted molar refractivity (Wildman–Crippen MR) is 65.9 cm³/mol. The highest BCUT2D eigenvalue weighted by Crippen LogP contribution is 2.24. The van der Waals surface area contributed by atoms with E-state index in [-0.39, 0.29) is 0 Å². The van der Waals surface area contributed by atoms with Crippen molar-refractivity contribution in [2.24, 2.45) is 0 Å². The fraction of sp³-hybridized carbons (Fsp3) is 0.214. The average Bonchev–Trinajstić information content (AvgIpc) is 2.40. The van der Waals surface area contributed by atoms with Crippen LogP contribution in [0.4, 0.5) is 0 Å². The number of ether oxygens (including phenoxy) is 1. The SMILES string of the molecule is CCOc1cccc(C(O)c2cccnc2)c1. The zero-order valence-corrected chi connectivity index (χ0v) is 9.71. The van der Waals surface area contributed by atoms with Gasteiger partial charge in [0.15, 0.2) is 0 Å². The Morgan fingerprint density at radius 1 is 1.24 bits per heavy atom. The van der Waals surface area contributed by atoms with Crippen LogP contribution in [0.3, 0.4) is 0 Å². The third-order valence-corrected chi connectivity index (χ3v) is 2.48. The first-order valence-corrected chi connectivity index (χ1v) is 5.62. The van der Waals surface area contributed by atoms with Gasteiger partial charge in [-0.3, -0.25) is 4.98 Å². The molecule has 0 saturated heterocycles. The smallest absolute Gasteiger partial charge is 0.119 e. The first-order chi connectivity index (χ1) is 8.31. The second-order valence-electron chi connectivity index (χ2n) is 3.69. The maximum Gasteiger partial charge on any atom is 0.119 e. The van der Waals surface area contributed by atoms with Crippen molar-refractivity contribution in [3.8, 4) is 5.75 Å². The minimum absolute atomic E-state index is 0.618. The topological polar surface area (TPSA) is 42.4 Å². The molecule has 0 aliphatic rings. The number of pyridine rings is 1. The lowest BCUT2D eigenvalue weighted by atomic mass is 10.0. The van der Waals surface area contributed by atoms with Crippen LogP contribution in [0.5, 0.6) is 5.75 Å². The van der Waals surface area contributed by atoms with E-state index >= 15 is 0 Å². The molecule has 1 atom stereocenters. The molecule has 88 valence electrons. The molecule has 0 radical (unpaired) electrons. The summed E-state index contributed by atoms with van der Waals surface area (Å²) in [6.45, 7) is 2.55. The molecule has 1 heterocycles. The molecule has 0 spiro atoms. The third kappa shape index (κ3) is 2.82. The van der Waals surface area contributed by atoms with Crippen molar-refractivity contribution in [3.63, 3.8) is 0 Å². The standard InChI is InChI=1S/C14H15NO2/c1-2-17-13-7-3-5-11(9-13)14(16)12-6-4-8-15-10-12/h3-10,14,16H,2H2,1H3. The summed E-state index contributed by atoms with van der Waals surface area (Å²) in [5, 5.41) is 10.2. The molecule has 0 aliphatic heterocycles. The minimum Gasteiger partial charge on any atom is -0.494 e. The van der Waals surface area contributed by atoms with Gasteiger partial charge < -0.3 is 9.84 Å². The lowest BCUT2D eigenvalue weighted by Gasteiger charge is -2.12. The van der Waals surface area contributed by atoms with Gasteiger partial charge in [-0.2, -0.15) is 0 Å². The average molecular weight is 229 g/mol. The van der Waals surface area contributed by atoms with Gasteiger partial charge >= 0.3 is 0 Å². The number of nitrogens with zero attached hydrogens (tertiary/aromatic N) is 1. The Labute approximate surface area is 101 Å². The summed E-state index contributed by atoms with van der Waals surface area (Å²) in [7, 11) is 0. The van der Waals surface area contributed by atoms with Gasteiger partial charge in [-0.15, -0.1) is 0 Å². The van der Waals surface area contributed by atoms with Crippen LogP contribution < -0.4 is 4.74 Å². The lowest BCUT2D eigenvalue weighted by Crippen LogP contribution is -2.00. The zero-order valence-electron chi connectivity index (χ0n) is 9.71. The van der Waals surface area contributed by atoms with Crippen LogP contribution in [0, 0.1) is 0 Å². The summed E-state index contributed by atoms with van der Waals surface area (Å²) in [6.07, 6.45) is 2.69. The van der Waals surface area contributed by atoms with Crippen molar-refractivity contribution in [1.82, 2.24) is 4.98 Å². The summed E-state index contributed by atoms with van der Waals surface area (Å²) in [5.41, 5.74) is 1.59. The summed E-state index contributed by atoms with van der Waals surface area (Å²) < 4.78 is 5.41. The van der Waals surface area contributed by atoms with Crippen molar-refractivity contribution in [2.75, 3.05) is 6.61 Å². The fourth-order valence-electron chi connectivity index (χ4n) is 1.67. The monoisotopic (exact) mass is 229 g/mol. The number of hydrogen-bond acceptors (Lipinski definition) is 3. The molecular formula is C14H15NO2. The van der Waals surface area contributed by atoms with Gasteiger partial charge in [0.1, 0.15) is 11.9 Å². The van der Waals surface area contributed by atoms with Crippen LogP contribution >= 0.6 is 0 Å². The Morgan fingerprint density at radius 2 is 2.06 bits per heavy atom. The third-order valence-electron chi connectivity index (χ3n) is 2.48. The second-order valence-corrected chi connectivity index (χ2v) is 3.69. The number of hydrogen-bond donors (Lipinski definition) is 1. The highest BCUT2D eigenvalue weighted by molar-refractivity contribution is 5.34. The van der Waals surface area contributed by atoms with Gasteiger partial charge in [-0.1, -0.05) is 18.2 Å². The molecule has 1 N–H and O–H groups in total. The Morgan fingerprint density at radius 3 is 2.76 bits per heavy atom. The molecular weight excluding hydrogens is 214 g/mol. The van der Waals surface area contributed by atoms with Crippen molar-refractivity contribution in [1.29, 1.82) is 0 Å². The molecule has 1 aromatic carbocycles. The molecule has 0 amide bonds. The van der Waals surface area contributed by atoms with Gasteiger partial charge in [0.2, 0.25) is 0 Å². The minimum atomic E-state index is -0.663. The van der Waals surface area contributed by atoms with E-state index in [9.17, 15) is 5.11 Å². The van der Waals surface area contributed by atoms with Gasteiger partial charge in [0.05, 0.1) is 6.61 Å².